The summed E-state index contributed by atoms with van der Waals surface area (Å²) in [6.07, 6.45) is 1.56. The lowest BCUT2D eigenvalue weighted by atomic mass is 9.99. The molecule has 0 fully saturated rings. The summed E-state index contributed by atoms with van der Waals surface area (Å²) in [5, 5.41) is 16.5. The molecule has 6 nitrogen and oxygen atoms in total. The Morgan fingerprint density at radius 3 is 2.40 bits per heavy atom. The molecular weight excluding hydrogens is 522 g/mol. The molecule has 2 aromatic heterocycles. The van der Waals surface area contributed by atoms with Gasteiger partial charge >= 0.3 is 0 Å². The van der Waals surface area contributed by atoms with Gasteiger partial charge in [-0.25, -0.2) is 8.78 Å². The zero-order chi connectivity index (χ0) is 20.8. The molecule has 1 aliphatic rings. The summed E-state index contributed by atoms with van der Waals surface area (Å²) in [5.74, 6) is -0.423. The number of benzene rings is 2. The topological polar surface area (TPSA) is 68.8 Å². The molecule has 5 rings (SSSR count). The van der Waals surface area contributed by atoms with Gasteiger partial charge in [-0.2, -0.15) is 5.10 Å². The van der Waals surface area contributed by atoms with E-state index in [4.69, 9.17) is 0 Å². The van der Waals surface area contributed by atoms with Gasteiger partial charge in [0, 0.05) is 20.7 Å². The number of hydrogen-bond donors (Lipinski definition) is 0. The summed E-state index contributed by atoms with van der Waals surface area (Å²) in [6, 6.07) is 10.9. The van der Waals surface area contributed by atoms with E-state index in [1.165, 1.54) is 18.2 Å². The molecule has 0 amide bonds. The third-order valence-electron chi connectivity index (χ3n) is 4.66. The second-order valence-electron chi connectivity index (χ2n) is 6.40. The molecule has 0 atom stereocenters. The van der Waals surface area contributed by atoms with Gasteiger partial charge in [0.15, 0.2) is 11.6 Å². The Balaban J connectivity index is 1.84. The quantitative estimate of drug-likeness (QED) is 0.370. The Kier molecular flexibility index (Phi) is 4.75. The third-order valence-corrected chi connectivity index (χ3v) is 6.68. The van der Waals surface area contributed by atoms with Crippen LogP contribution in [0.5, 0.6) is 0 Å². The maximum atomic E-state index is 14.7. The lowest BCUT2D eigenvalue weighted by Crippen LogP contribution is -2.13. The molecule has 1 aliphatic heterocycles. The van der Waals surface area contributed by atoms with Crippen LogP contribution in [-0.2, 0) is 6.54 Å². The van der Waals surface area contributed by atoms with Gasteiger partial charge in [-0.15, -0.1) is 15.3 Å². The normalized spacial score (nSPS) is 12.7. The molecule has 30 heavy (non-hydrogen) atoms. The molecule has 10 heteroatoms. The zero-order valence-corrected chi connectivity index (χ0v) is 18.2. The van der Waals surface area contributed by atoms with E-state index < -0.39 is 11.6 Å². The molecule has 0 N–H and O–H groups in total. The molecule has 3 heterocycles. The first-order valence-corrected chi connectivity index (χ1v) is 10.3. The Hall–Kier alpha value is -2.85. The Labute approximate surface area is 186 Å². The van der Waals surface area contributed by atoms with Crippen LogP contribution in [-0.4, -0.2) is 30.7 Å². The van der Waals surface area contributed by atoms with Gasteiger partial charge in [0.1, 0.15) is 23.9 Å². The van der Waals surface area contributed by atoms with Crippen molar-refractivity contribution >= 4 is 37.6 Å². The Bertz CT molecular complexity index is 1300. The standard InChI is InChI=1S/C20H10Br2F2N6/c21-10-6-7-14-17(18(10)22)19(16-11(23)3-1-4-12(16)24)25-9-15-28-29-20(30(14)15)13-5-2-8-26-27-13/h1-8H,9H2. The van der Waals surface area contributed by atoms with Crippen LogP contribution >= 0.6 is 31.9 Å². The number of aliphatic imine (C=N–C) groups is 1. The lowest BCUT2D eigenvalue weighted by Gasteiger charge is -2.16. The average Bonchev–Trinajstić information content (AvgIpc) is 3.10. The van der Waals surface area contributed by atoms with E-state index in [0.717, 1.165) is 0 Å². The number of rotatable bonds is 2. The van der Waals surface area contributed by atoms with Crippen LogP contribution in [0.3, 0.4) is 0 Å². The molecule has 0 unspecified atom stereocenters. The summed E-state index contributed by atoms with van der Waals surface area (Å²) in [7, 11) is 0. The number of nitrogens with zero attached hydrogens (tertiary/aromatic N) is 6. The molecule has 0 bridgehead atoms. The van der Waals surface area contributed by atoms with Gasteiger partial charge in [0.2, 0.25) is 0 Å². The summed E-state index contributed by atoms with van der Waals surface area (Å²) < 4.78 is 32.5. The maximum absolute atomic E-state index is 14.7. The van der Waals surface area contributed by atoms with Crippen molar-refractivity contribution in [2.45, 2.75) is 6.54 Å². The molecular formula is C20H10Br2F2N6. The van der Waals surface area contributed by atoms with Gasteiger partial charge in [-0.1, -0.05) is 6.07 Å². The highest BCUT2D eigenvalue weighted by molar-refractivity contribution is 9.13. The largest absolute Gasteiger partial charge is 0.276 e. The van der Waals surface area contributed by atoms with Crippen molar-refractivity contribution in [3.05, 3.63) is 86.2 Å². The highest BCUT2D eigenvalue weighted by atomic mass is 79.9. The van der Waals surface area contributed by atoms with E-state index in [1.807, 2.05) is 12.1 Å². The fourth-order valence-electron chi connectivity index (χ4n) is 3.37. The maximum Gasteiger partial charge on any atom is 0.189 e. The summed E-state index contributed by atoms with van der Waals surface area (Å²) in [5.41, 5.74) is 1.63. The highest BCUT2D eigenvalue weighted by Gasteiger charge is 2.29. The molecule has 0 saturated carbocycles. The molecule has 4 aromatic rings. The van der Waals surface area contributed by atoms with Crippen molar-refractivity contribution in [2.75, 3.05) is 0 Å². The third kappa shape index (κ3) is 2.98. The van der Waals surface area contributed by atoms with Gasteiger partial charge in [-0.05, 0) is 68.3 Å². The molecule has 0 spiro atoms. The van der Waals surface area contributed by atoms with Crippen molar-refractivity contribution in [1.29, 1.82) is 0 Å². The fourth-order valence-corrected chi connectivity index (χ4v) is 4.22. The van der Waals surface area contributed by atoms with Gasteiger partial charge < -0.3 is 0 Å². The van der Waals surface area contributed by atoms with Crippen molar-refractivity contribution < 1.29 is 8.78 Å². The molecule has 2 aromatic carbocycles. The minimum absolute atomic E-state index is 0.0785. The van der Waals surface area contributed by atoms with Gasteiger partial charge in [-0.3, -0.25) is 9.56 Å². The van der Waals surface area contributed by atoms with Crippen molar-refractivity contribution in [3.63, 3.8) is 0 Å². The SMILES string of the molecule is Fc1cccc(F)c1C1=NCc2nnc(-c3cccnn3)n2-c2ccc(Br)c(Br)c21. The van der Waals surface area contributed by atoms with Crippen LogP contribution in [0.1, 0.15) is 17.0 Å². The van der Waals surface area contributed by atoms with Crippen LogP contribution < -0.4 is 0 Å². The second kappa shape index (κ2) is 7.44. The molecule has 0 saturated heterocycles. The second-order valence-corrected chi connectivity index (χ2v) is 8.05. The summed E-state index contributed by atoms with van der Waals surface area (Å²) >= 11 is 7.03. The van der Waals surface area contributed by atoms with Crippen LogP contribution in [0.15, 0.2) is 62.6 Å². The first kappa shape index (κ1) is 19.1. The summed E-state index contributed by atoms with van der Waals surface area (Å²) in [6.45, 7) is 0.0785. The monoisotopic (exact) mass is 530 g/mol. The van der Waals surface area contributed by atoms with Crippen molar-refractivity contribution in [3.8, 4) is 17.2 Å². The smallest absolute Gasteiger partial charge is 0.189 e. The van der Waals surface area contributed by atoms with E-state index in [2.05, 4.69) is 57.2 Å². The first-order valence-electron chi connectivity index (χ1n) is 8.76. The van der Waals surface area contributed by atoms with E-state index in [9.17, 15) is 8.78 Å². The van der Waals surface area contributed by atoms with Crippen molar-refractivity contribution in [1.82, 2.24) is 25.0 Å². The van der Waals surface area contributed by atoms with Gasteiger partial charge in [0.05, 0.1) is 17.0 Å². The minimum atomic E-state index is -0.696. The van der Waals surface area contributed by atoms with Gasteiger partial charge in [0.25, 0.3) is 0 Å². The van der Waals surface area contributed by atoms with Crippen LogP contribution in [0.2, 0.25) is 0 Å². The van der Waals surface area contributed by atoms with Crippen LogP contribution in [0.4, 0.5) is 8.78 Å². The Morgan fingerprint density at radius 1 is 0.867 bits per heavy atom. The summed E-state index contributed by atoms with van der Waals surface area (Å²) in [4.78, 5) is 4.53. The average molecular weight is 532 g/mol. The number of hydrogen-bond acceptors (Lipinski definition) is 5. The molecule has 0 radical (unpaired) electrons. The van der Waals surface area contributed by atoms with Crippen molar-refractivity contribution in [2.24, 2.45) is 4.99 Å². The lowest BCUT2D eigenvalue weighted by molar-refractivity contribution is 0.579. The predicted molar refractivity (Wildman–Crippen MR) is 113 cm³/mol. The van der Waals surface area contributed by atoms with E-state index in [1.54, 1.807) is 22.9 Å². The first-order chi connectivity index (χ1) is 14.6. The number of fused-ring (bicyclic) bond motifs is 3. The van der Waals surface area contributed by atoms with E-state index in [0.29, 0.717) is 37.5 Å². The predicted octanol–water partition coefficient (Wildman–Crippen LogP) is 4.88. The number of halogens is 4. The highest BCUT2D eigenvalue weighted by Crippen LogP contribution is 2.37. The minimum Gasteiger partial charge on any atom is -0.276 e. The fraction of sp³-hybridized carbons (Fsp3) is 0.0500. The van der Waals surface area contributed by atoms with E-state index >= 15 is 0 Å². The number of aromatic nitrogens is 5. The molecule has 148 valence electrons. The molecule has 0 aliphatic carbocycles. The van der Waals surface area contributed by atoms with Crippen LogP contribution in [0.25, 0.3) is 17.2 Å². The Morgan fingerprint density at radius 2 is 1.67 bits per heavy atom. The van der Waals surface area contributed by atoms with Crippen LogP contribution in [0, 0.1) is 11.6 Å². The van der Waals surface area contributed by atoms with E-state index in [-0.39, 0.29) is 17.8 Å². The zero-order valence-electron chi connectivity index (χ0n) is 15.0.